The molecule has 170 valence electrons. The van der Waals surface area contributed by atoms with E-state index in [9.17, 15) is 18.8 Å². The molecular weight excluding hydrogens is 427 g/mol. The van der Waals surface area contributed by atoms with Crippen molar-refractivity contribution in [1.82, 2.24) is 24.6 Å². The zero-order chi connectivity index (χ0) is 23.3. The fourth-order valence-electron chi connectivity index (χ4n) is 4.58. The second kappa shape index (κ2) is 7.95. The van der Waals surface area contributed by atoms with Crippen molar-refractivity contribution < 1.29 is 14.0 Å². The molecule has 0 spiro atoms. The monoisotopic (exact) mass is 450 g/mol. The number of amides is 2. The molecule has 2 atom stereocenters. The molecule has 0 bridgehead atoms. The third-order valence-corrected chi connectivity index (χ3v) is 6.39. The summed E-state index contributed by atoms with van der Waals surface area (Å²) >= 11 is 0. The fourth-order valence-corrected chi connectivity index (χ4v) is 4.58. The van der Waals surface area contributed by atoms with Gasteiger partial charge in [-0.25, -0.2) is 14.1 Å². The molecule has 0 unspecified atom stereocenters. The highest BCUT2D eigenvalue weighted by molar-refractivity contribution is 6.01. The molecule has 0 fully saturated rings. The Morgan fingerprint density at radius 2 is 1.94 bits per heavy atom. The largest absolute Gasteiger partial charge is 0.337 e. The first-order valence-corrected chi connectivity index (χ1v) is 10.8. The number of benzene rings is 1. The number of hydrogen-bond donors (Lipinski definition) is 1. The third-order valence-electron chi connectivity index (χ3n) is 6.39. The number of rotatable bonds is 3. The van der Waals surface area contributed by atoms with Crippen LogP contribution in [0.25, 0.3) is 0 Å². The van der Waals surface area contributed by atoms with Crippen molar-refractivity contribution in [3.8, 4) is 0 Å². The molecule has 5 rings (SSSR count). The summed E-state index contributed by atoms with van der Waals surface area (Å²) in [7, 11) is 3.25. The molecule has 0 radical (unpaired) electrons. The number of aryl methyl sites for hydroxylation is 3. The van der Waals surface area contributed by atoms with Gasteiger partial charge in [0, 0.05) is 38.3 Å². The molecule has 0 saturated carbocycles. The lowest BCUT2D eigenvalue weighted by atomic mass is 10.0. The van der Waals surface area contributed by atoms with Gasteiger partial charge in [-0.3, -0.25) is 14.4 Å². The number of carbonyl (C=O) groups excluding carboxylic acids is 2. The van der Waals surface area contributed by atoms with Crippen molar-refractivity contribution in [3.63, 3.8) is 0 Å². The lowest BCUT2D eigenvalue weighted by Gasteiger charge is -2.22. The van der Waals surface area contributed by atoms with Gasteiger partial charge in [-0.2, -0.15) is 0 Å². The van der Waals surface area contributed by atoms with Crippen molar-refractivity contribution in [2.24, 2.45) is 7.05 Å². The molecule has 2 aliphatic heterocycles. The molecule has 9 nitrogen and oxygen atoms in total. The predicted octanol–water partition coefficient (Wildman–Crippen LogP) is 1.36. The number of pyridine rings is 1. The Labute approximate surface area is 188 Å². The average Bonchev–Trinajstić information content (AvgIpc) is 3.36. The van der Waals surface area contributed by atoms with Crippen LogP contribution >= 0.6 is 0 Å². The topological polar surface area (TPSA) is 102 Å². The SMILES string of the molecule is CN1C(=O)[C@@H](NC(=O)c2nc3n(n2)[C@H](c2ccccc2F)CC3)CCc2cc(=O)n(C)cc21. The number of aromatic nitrogens is 4. The highest BCUT2D eigenvalue weighted by Gasteiger charge is 2.33. The summed E-state index contributed by atoms with van der Waals surface area (Å²) in [6.07, 6.45) is 3.68. The van der Waals surface area contributed by atoms with E-state index in [1.54, 1.807) is 43.2 Å². The van der Waals surface area contributed by atoms with Crippen molar-refractivity contribution in [3.05, 3.63) is 75.5 Å². The van der Waals surface area contributed by atoms with Crippen LogP contribution < -0.4 is 15.8 Å². The molecule has 0 aliphatic carbocycles. The van der Waals surface area contributed by atoms with Crippen LogP contribution in [-0.4, -0.2) is 44.2 Å². The number of halogens is 1. The summed E-state index contributed by atoms with van der Waals surface area (Å²) in [5, 5.41) is 7.09. The Bertz CT molecular complexity index is 1330. The van der Waals surface area contributed by atoms with Crippen molar-refractivity contribution in [1.29, 1.82) is 0 Å². The van der Waals surface area contributed by atoms with Gasteiger partial charge in [-0.05, 0) is 30.9 Å². The molecule has 0 saturated heterocycles. The minimum atomic E-state index is -0.781. The Hall–Kier alpha value is -3.82. The average molecular weight is 450 g/mol. The smallest absolute Gasteiger partial charge is 0.291 e. The van der Waals surface area contributed by atoms with Crippen LogP contribution in [0.4, 0.5) is 10.1 Å². The molecule has 2 aliphatic rings. The summed E-state index contributed by atoms with van der Waals surface area (Å²) < 4.78 is 17.3. The van der Waals surface area contributed by atoms with Gasteiger partial charge in [0.2, 0.25) is 11.7 Å². The third kappa shape index (κ3) is 3.61. The summed E-state index contributed by atoms with van der Waals surface area (Å²) in [5.41, 5.74) is 1.76. The van der Waals surface area contributed by atoms with Crippen molar-refractivity contribution >= 4 is 17.5 Å². The Kier molecular flexibility index (Phi) is 5.07. The minimum absolute atomic E-state index is 0.0449. The van der Waals surface area contributed by atoms with Gasteiger partial charge in [0.15, 0.2) is 0 Å². The minimum Gasteiger partial charge on any atom is -0.337 e. The standard InChI is InChI=1S/C23H23FN6O3/c1-28-12-18-13(11-20(28)31)7-8-16(23(33)29(18)2)25-22(32)21-26-19-10-9-17(30(19)27-21)14-5-3-4-6-15(14)24/h3-6,11-12,16-17H,7-10H2,1-2H3,(H,25,32)/t16-,17-/m0/s1. The van der Waals surface area contributed by atoms with E-state index in [4.69, 9.17) is 0 Å². The van der Waals surface area contributed by atoms with Crippen LogP contribution in [-0.2, 0) is 24.7 Å². The van der Waals surface area contributed by atoms with Crippen LogP contribution in [0.5, 0.6) is 0 Å². The number of carbonyl (C=O) groups is 2. The van der Waals surface area contributed by atoms with Gasteiger partial charge in [0.25, 0.3) is 11.5 Å². The Morgan fingerprint density at radius 3 is 2.73 bits per heavy atom. The number of fused-ring (bicyclic) bond motifs is 2. The van der Waals surface area contributed by atoms with Gasteiger partial charge in [0.1, 0.15) is 17.7 Å². The molecule has 4 heterocycles. The highest BCUT2D eigenvalue weighted by Crippen LogP contribution is 2.32. The van der Waals surface area contributed by atoms with Crippen molar-refractivity contribution in [2.45, 2.75) is 37.8 Å². The zero-order valence-corrected chi connectivity index (χ0v) is 18.3. The predicted molar refractivity (Wildman–Crippen MR) is 118 cm³/mol. The van der Waals surface area contributed by atoms with E-state index in [1.807, 2.05) is 0 Å². The van der Waals surface area contributed by atoms with E-state index in [-0.39, 0.29) is 29.1 Å². The normalized spacial score (nSPS) is 19.7. The number of anilines is 1. The Balaban J connectivity index is 1.36. The van der Waals surface area contributed by atoms with Gasteiger partial charge in [-0.1, -0.05) is 18.2 Å². The van der Waals surface area contributed by atoms with E-state index in [0.717, 1.165) is 5.56 Å². The second-order valence-corrected chi connectivity index (χ2v) is 8.47. The fraction of sp³-hybridized carbons (Fsp3) is 0.348. The van der Waals surface area contributed by atoms with Gasteiger partial charge in [-0.15, -0.1) is 5.10 Å². The first-order chi connectivity index (χ1) is 15.8. The number of nitrogens with zero attached hydrogens (tertiary/aromatic N) is 5. The lowest BCUT2D eigenvalue weighted by Crippen LogP contribution is -2.47. The molecule has 1 aromatic carbocycles. The molecule has 2 amide bonds. The molecule has 2 aromatic heterocycles. The maximum Gasteiger partial charge on any atom is 0.291 e. The lowest BCUT2D eigenvalue weighted by molar-refractivity contribution is -0.120. The molecule has 3 aromatic rings. The Morgan fingerprint density at radius 1 is 1.15 bits per heavy atom. The maximum atomic E-state index is 14.3. The summed E-state index contributed by atoms with van der Waals surface area (Å²) in [6.45, 7) is 0. The number of hydrogen-bond acceptors (Lipinski definition) is 5. The number of likely N-dealkylation sites (N-methyl/N-ethyl adjacent to an activating group) is 1. The van der Waals surface area contributed by atoms with Crippen LogP contribution in [0.1, 0.15) is 46.5 Å². The maximum absolute atomic E-state index is 14.3. The van der Waals surface area contributed by atoms with Crippen LogP contribution in [0.3, 0.4) is 0 Å². The first-order valence-electron chi connectivity index (χ1n) is 10.8. The molecule has 33 heavy (non-hydrogen) atoms. The van der Waals surface area contributed by atoms with Crippen LogP contribution in [0.2, 0.25) is 0 Å². The summed E-state index contributed by atoms with van der Waals surface area (Å²) in [6, 6.07) is 6.93. The first kappa shape index (κ1) is 21.0. The van der Waals surface area contributed by atoms with Gasteiger partial charge in [0.05, 0.1) is 11.7 Å². The summed E-state index contributed by atoms with van der Waals surface area (Å²) in [5.74, 6) is -0.594. The van der Waals surface area contributed by atoms with E-state index >= 15 is 0 Å². The molecule has 10 heteroatoms. The van der Waals surface area contributed by atoms with E-state index in [1.165, 1.54) is 21.6 Å². The van der Waals surface area contributed by atoms with E-state index in [0.29, 0.717) is 42.8 Å². The van der Waals surface area contributed by atoms with Crippen molar-refractivity contribution in [2.75, 3.05) is 11.9 Å². The molecular formula is C23H23FN6O3. The number of nitrogens with one attached hydrogen (secondary N) is 1. The quantitative estimate of drug-likeness (QED) is 0.649. The van der Waals surface area contributed by atoms with Crippen LogP contribution in [0.15, 0.2) is 41.3 Å². The van der Waals surface area contributed by atoms with Crippen LogP contribution in [0, 0.1) is 5.82 Å². The zero-order valence-electron chi connectivity index (χ0n) is 18.3. The summed E-state index contributed by atoms with van der Waals surface area (Å²) in [4.78, 5) is 43.7. The molecule has 1 N–H and O–H groups in total. The van der Waals surface area contributed by atoms with E-state index in [2.05, 4.69) is 15.4 Å². The highest BCUT2D eigenvalue weighted by atomic mass is 19.1. The van der Waals surface area contributed by atoms with E-state index < -0.39 is 11.9 Å². The second-order valence-electron chi connectivity index (χ2n) is 8.47. The van der Waals surface area contributed by atoms with Gasteiger partial charge >= 0.3 is 0 Å². The van der Waals surface area contributed by atoms with Gasteiger partial charge < -0.3 is 14.8 Å².